The monoisotopic (exact) mass is 268 g/mol. The van der Waals surface area contributed by atoms with Crippen molar-refractivity contribution in [1.82, 2.24) is 15.2 Å². The van der Waals surface area contributed by atoms with Crippen LogP contribution in [0.5, 0.6) is 0 Å². The van der Waals surface area contributed by atoms with Crippen molar-refractivity contribution in [3.63, 3.8) is 0 Å². The van der Waals surface area contributed by atoms with Crippen LogP contribution in [0, 0.1) is 0 Å². The molecule has 6 heteroatoms. The normalized spacial score (nSPS) is 19.7. The lowest BCUT2D eigenvalue weighted by Crippen LogP contribution is -2.51. The average Bonchev–Trinajstić information content (AvgIpc) is 2.85. The first-order chi connectivity index (χ1) is 8.61. The third-order valence-electron chi connectivity index (χ3n) is 3.61. The van der Waals surface area contributed by atoms with Crippen LogP contribution in [0.15, 0.2) is 11.6 Å². The molecule has 1 aliphatic heterocycles. The zero-order valence-electron chi connectivity index (χ0n) is 10.9. The molecule has 0 atom stereocenters. The van der Waals surface area contributed by atoms with Crippen LogP contribution in [0.3, 0.4) is 0 Å². The summed E-state index contributed by atoms with van der Waals surface area (Å²) in [6.45, 7) is 4.62. The van der Waals surface area contributed by atoms with Crippen LogP contribution in [-0.2, 0) is 4.79 Å². The van der Waals surface area contributed by atoms with Gasteiger partial charge < -0.3 is 10.6 Å². The summed E-state index contributed by atoms with van der Waals surface area (Å²) in [4.78, 5) is 18.0. The fourth-order valence-corrected chi connectivity index (χ4v) is 2.65. The fourth-order valence-electron chi connectivity index (χ4n) is 2.10. The van der Waals surface area contributed by atoms with Crippen molar-refractivity contribution in [2.75, 3.05) is 32.0 Å². The number of anilines is 1. The van der Waals surface area contributed by atoms with E-state index >= 15 is 0 Å². The standard InChI is InChI=1S/C12H20N4OS/c1-12(13-2)3-6-16(7-4-12)9-10(17)15-11-14-5-8-18-11/h5,8,13H,3-4,6-7,9H2,1-2H3,(H,14,15,17). The average molecular weight is 268 g/mol. The maximum Gasteiger partial charge on any atom is 0.240 e. The van der Waals surface area contributed by atoms with E-state index < -0.39 is 0 Å². The van der Waals surface area contributed by atoms with Crippen molar-refractivity contribution in [2.24, 2.45) is 0 Å². The molecule has 1 saturated heterocycles. The number of hydrogen-bond donors (Lipinski definition) is 2. The molecule has 1 aliphatic rings. The van der Waals surface area contributed by atoms with Crippen molar-refractivity contribution >= 4 is 22.4 Å². The largest absolute Gasteiger partial charge is 0.314 e. The van der Waals surface area contributed by atoms with Crippen molar-refractivity contribution in [2.45, 2.75) is 25.3 Å². The van der Waals surface area contributed by atoms with Crippen molar-refractivity contribution in [3.05, 3.63) is 11.6 Å². The van der Waals surface area contributed by atoms with E-state index in [4.69, 9.17) is 0 Å². The summed E-state index contributed by atoms with van der Waals surface area (Å²) in [6.07, 6.45) is 3.85. The summed E-state index contributed by atoms with van der Waals surface area (Å²) in [6, 6.07) is 0. The molecule has 0 radical (unpaired) electrons. The lowest BCUT2D eigenvalue weighted by atomic mass is 9.90. The zero-order valence-corrected chi connectivity index (χ0v) is 11.7. The molecule has 0 aromatic carbocycles. The molecule has 5 nitrogen and oxygen atoms in total. The molecule has 1 fully saturated rings. The molecular formula is C12H20N4OS. The topological polar surface area (TPSA) is 57.3 Å². The Morgan fingerprint density at radius 2 is 2.28 bits per heavy atom. The Kier molecular flexibility index (Phi) is 4.31. The molecule has 0 unspecified atom stereocenters. The molecule has 0 bridgehead atoms. The summed E-state index contributed by atoms with van der Waals surface area (Å²) in [5.74, 6) is 0.0259. The Labute approximate surface area is 112 Å². The van der Waals surface area contributed by atoms with Crippen molar-refractivity contribution in [3.8, 4) is 0 Å². The number of nitrogens with one attached hydrogen (secondary N) is 2. The molecule has 1 aromatic heterocycles. The highest BCUT2D eigenvalue weighted by atomic mass is 32.1. The smallest absolute Gasteiger partial charge is 0.240 e. The zero-order chi connectivity index (χ0) is 13.0. The maximum atomic E-state index is 11.8. The van der Waals surface area contributed by atoms with Gasteiger partial charge in [0.2, 0.25) is 5.91 Å². The number of carbonyl (C=O) groups is 1. The molecule has 100 valence electrons. The molecule has 0 saturated carbocycles. The Hall–Kier alpha value is -0.980. The van der Waals surface area contributed by atoms with Crippen LogP contribution in [0.4, 0.5) is 5.13 Å². The van der Waals surface area contributed by atoms with Gasteiger partial charge in [0.25, 0.3) is 0 Å². The lowest BCUT2D eigenvalue weighted by Gasteiger charge is -2.38. The summed E-state index contributed by atoms with van der Waals surface area (Å²) in [5.41, 5.74) is 0.224. The first kappa shape index (κ1) is 13.5. The second-order valence-electron chi connectivity index (χ2n) is 4.97. The highest BCUT2D eigenvalue weighted by Crippen LogP contribution is 2.20. The van der Waals surface area contributed by atoms with Gasteiger partial charge >= 0.3 is 0 Å². The van der Waals surface area contributed by atoms with Gasteiger partial charge in [-0.3, -0.25) is 9.69 Å². The summed E-state index contributed by atoms with van der Waals surface area (Å²) >= 11 is 1.45. The molecule has 2 heterocycles. The minimum atomic E-state index is 0.0259. The number of nitrogens with zero attached hydrogens (tertiary/aromatic N) is 2. The fraction of sp³-hybridized carbons (Fsp3) is 0.667. The predicted molar refractivity (Wildman–Crippen MR) is 73.9 cm³/mol. The summed E-state index contributed by atoms with van der Waals surface area (Å²) in [7, 11) is 2.00. The Morgan fingerprint density at radius 1 is 1.56 bits per heavy atom. The van der Waals surface area contributed by atoms with Gasteiger partial charge in [-0.1, -0.05) is 0 Å². The van der Waals surface area contributed by atoms with Gasteiger partial charge in [0.15, 0.2) is 5.13 Å². The molecule has 0 aliphatic carbocycles. The van der Waals surface area contributed by atoms with Crippen LogP contribution in [0.2, 0.25) is 0 Å². The third kappa shape index (κ3) is 3.51. The number of piperidine rings is 1. The quantitative estimate of drug-likeness (QED) is 0.860. The lowest BCUT2D eigenvalue weighted by molar-refractivity contribution is -0.117. The SMILES string of the molecule is CNC1(C)CCN(CC(=O)Nc2nccs2)CC1. The van der Waals surface area contributed by atoms with Gasteiger partial charge in [-0.2, -0.15) is 0 Å². The van der Waals surface area contributed by atoms with Crippen molar-refractivity contribution in [1.29, 1.82) is 0 Å². The third-order valence-corrected chi connectivity index (χ3v) is 4.30. The van der Waals surface area contributed by atoms with Gasteiger partial charge in [-0.25, -0.2) is 4.98 Å². The first-order valence-electron chi connectivity index (χ1n) is 6.22. The van der Waals surface area contributed by atoms with Gasteiger partial charge in [0.1, 0.15) is 0 Å². The van der Waals surface area contributed by atoms with Crippen molar-refractivity contribution < 1.29 is 4.79 Å². The molecule has 18 heavy (non-hydrogen) atoms. The molecule has 1 amide bonds. The van der Waals surface area contributed by atoms with Gasteiger partial charge in [0.05, 0.1) is 6.54 Å². The minimum absolute atomic E-state index is 0.0259. The molecule has 0 spiro atoms. The minimum Gasteiger partial charge on any atom is -0.314 e. The molecular weight excluding hydrogens is 248 g/mol. The van der Waals surface area contributed by atoms with Gasteiger partial charge in [-0.15, -0.1) is 11.3 Å². The number of carbonyl (C=O) groups excluding carboxylic acids is 1. The van der Waals surface area contributed by atoms with Gasteiger partial charge in [-0.05, 0) is 26.8 Å². The predicted octanol–water partition coefficient (Wildman–Crippen LogP) is 1.16. The van der Waals surface area contributed by atoms with E-state index in [9.17, 15) is 4.79 Å². The van der Waals surface area contributed by atoms with E-state index in [0.717, 1.165) is 25.9 Å². The highest BCUT2D eigenvalue weighted by Gasteiger charge is 2.28. The van der Waals surface area contributed by atoms with Crippen LogP contribution in [-0.4, -0.2) is 48.0 Å². The number of thiazole rings is 1. The number of likely N-dealkylation sites (tertiary alicyclic amines) is 1. The van der Waals surface area contributed by atoms with E-state index in [0.29, 0.717) is 11.7 Å². The number of amides is 1. The van der Waals surface area contributed by atoms with E-state index in [-0.39, 0.29) is 11.4 Å². The van der Waals surface area contributed by atoms with Gasteiger partial charge in [0, 0.05) is 30.2 Å². The Balaban J connectivity index is 1.76. The summed E-state index contributed by atoms with van der Waals surface area (Å²) < 4.78 is 0. The van der Waals surface area contributed by atoms with Crippen LogP contribution >= 0.6 is 11.3 Å². The van der Waals surface area contributed by atoms with E-state index in [2.05, 4.69) is 27.4 Å². The molecule has 2 N–H and O–H groups in total. The molecule has 1 aromatic rings. The van der Waals surface area contributed by atoms with E-state index in [1.54, 1.807) is 6.20 Å². The van der Waals surface area contributed by atoms with Crippen LogP contribution in [0.1, 0.15) is 19.8 Å². The Morgan fingerprint density at radius 3 is 2.83 bits per heavy atom. The Bertz CT molecular complexity index is 385. The maximum absolute atomic E-state index is 11.8. The highest BCUT2D eigenvalue weighted by molar-refractivity contribution is 7.13. The second kappa shape index (κ2) is 5.77. The van der Waals surface area contributed by atoms with E-state index in [1.165, 1.54) is 11.3 Å². The number of hydrogen-bond acceptors (Lipinski definition) is 5. The molecule has 2 rings (SSSR count). The summed E-state index contributed by atoms with van der Waals surface area (Å²) in [5, 5.41) is 8.70. The number of aromatic nitrogens is 1. The first-order valence-corrected chi connectivity index (χ1v) is 7.10. The second-order valence-corrected chi connectivity index (χ2v) is 5.87. The number of rotatable bonds is 4. The van der Waals surface area contributed by atoms with Crippen LogP contribution < -0.4 is 10.6 Å². The van der Waals surface area contributed by atoms with E-state index in [1.807, 2.05) is 12.4 Å². The van der Waals surface area contributed by atoms with Crippen LogP contribution in [0.25, 0.3) is 0 Å².